The Morgan fingerprint density at radius 2 is 2.20 bits per heavy atom. The minimum atomic E-state index is -0.472. The van der Waals surface area contributed by atoms with Gasteiger partial charge in [-0.1, -0.05) is 6.07 Å². The number of nitrogens with one attached hydrogen (secondary N) is 1. The molecule has 1 aromatic carbocycles. The number of hydrogen-bond donors (Lipinski definition) is 1. The Bertz CT molecular complexity index is 588. The fourth-order valence-electron chi connectivity index (χ4n) is 1.80. The first-order chi connectivity index (χ1) is 9.70. The van der Waals surface area contributed by atoms with E-state index in [0.29, 0.717) is 18.7 Å². The number of amides is 1. The molecular formula is C15H15FN2O2. The lowest BCUT2D eigenvalue weighted by Crippen LogP contribution is -2.26. The summed E-state index contributed by atoms with van der Waals surface area (Å²) in [7, 11) is 1.44. The van der Waals surface area contributed by atoms with Gasteiger partial charge in [-0.05, 0) is 30.3 Å². The topological polar surface area (TPSA) is 51.2 Å². The van der Waals surface area contributed by atoms with Gasteiger partial charge in [0, 0.05) is 24.9 Å². The molecule has 0 saturated heterocycles. The predicted molar refractivity (Wildman–Crippen MR) is 73.2 cm³/mol. The monoisotopic (exact) mass is 274 g/mol. The summed E-state index contributed by atoms with van der Waals surface area (Å²) in [4.78, 5) is 16.1. The van der Waals surface area contributed by atoms with Crippen molar-refractivity contribution in [3.63, 3.8) is 0 Å². The van der Waals surface area contributed by atoms with E-state index >= 15 is 0 Å². The van der Waals surface area contributed by atoms with Crippen molar-refractivity contribution < 1.29 is 13.9 Å². The number of methoxy groups -OCH3 is 1. The van der Waals surface area contributed by atoms with Crippen molar-refractivity contribution in [2.24, 2.45) is 0 Å². The van der Waals surface area contributed by atoms with Crippen LogP contribution in [0.25, 0.3) is 0 Å². The summed E-state index contributed by atoms with van der Waals surface area (Å²) in [6.45, 7) is 0.426. The van der Waals surface area contributed by atoms with E-state index in [1.54, 1.807) is 6.20 Å². The molecule has 2 rings (SSSR count). The van der Waals surface area contributed by atoms with Crippen LogP contribution in [0.15, 0.2) is 42.6 Å². The normalized spacial score (nSPS) is 10.1. The van der Waals surface area contributed by atoms with Gasteiger partial charge < -0.3 is 10.1 Å². The summed E-state index contributed by atoms with van der Waals surface area (Å²) >= 11 is 0. The third-order valence-electron chi connectivity index (χ3n) is 2.80. The number of carbonyl (C=O) groups excluding carboxylic acids is 1. The van der Waals surface area contributed by atoms with Crippen molar-refractivity contribution in [2.45, 2.75) is 6.42 Å². The van der Waals surface area contributed by atoms with E-state index in [9.17, 15) is 9.18 Å². The first-order valence-electron chi connectivity index (χ1n) is 6.22. The highest BCUT2D eigenvalue weighted by atomic mass is 19.1. The Labute approximate surface area is 116 Å². The maximum Gasteiger partial charge on any atom is 0.255 e. The Kier molecular flexibility index (Phi) is 4.65. The average molecular weight is 274 g/mol. The maximum atomic E-state index is 13.2. The van der Waals surface area contributed by atoms with Crippen LogP contribution in [0.2, 0.25) is 0 Å². The lowest BCUT2D eigenvalue weighted by Gasteiger charge is -2.09. The Morgan fingerprint density at radius 1 is 1.35 bits per heavy atom. The van der Waals surface area contributed by atoms with Crippen LogP contribution in [0.4, 0.5) is 4.39 Å². The molecule has 1 amide bonds. The van der Waals surface area contributed by atoms with Crippen LogP contribution in [0.1, 0.15) is 16.1 Å². The number of aromatic nitrogens is 1. The molecule has 0 radical (unpaired) electrons. The second kappa shape index (κ2) is 6.65. The molecule has 2 aromatic rings. The summed E-state index contributed by atoms with van der Waals surface area (Å²) in [5, 5.41) is 2.72. The zero-order valence-corrected chi connectivity index (χ0v) is 11.1. The lowest BCUT2D eigenvalue weighted by atomic mass is 10.1. The third-order valence-corrected chi connectivity index (χ3v) is 2.80. The highest BCUT2D eigenvalue weighted by molar-refractivity contribution is 5.96. The molecule has 1 N–H and O–H groups in total. The van der Waals surface area contributed by atoms with Crippen LogP contribution in [-0.2, 0) is 6.42 Å². The van der Waals surface area contributed by atoms with Gasteiger partial charge in [0.15, 0.2) is 0 Å². The average Bonchev–Trinajstić information content (AvgIpc) is 2.48. The fraction of sp³-hybridized carbons (Fsp3) is 0.200. The van der Waals surface area contributed by atoms with Crippen LogP contribution in [-0.4, -0.2) is 24.5 Å². The first kappa shape index (κ1) is 14.0. The molecule has 0 aliphatic heterocycles. The molecule has 4 nitrogen and oxygen atoms in total. The van der Waals surface area contributed by atoms with E-state index in [0.717, 1.165) is 11.8 Å². The number of halogens is 1. The van der Waals surface area contributed by atoms with Crippen molar-refractivity contribution in [1.29, 1.82) is 0 Å². The fourth-order valence-corrected chi connectivity index (χ4v) is 1.80. The zero-order valence-electron chi connectivity index (χ0n) is 11.1. The molecule has 1 aromatic heterocycles. The van der Waals surface area contributed by atoms with Gasteiger partial charge in [0.05, 0.1) is 12.7 Å². The Hall–Kier alpha value is -2.43. The summed E-state index contributed by atoms with van der Waals surface area (Å²) in [6.07, 6.45) is 2.32. The third kappa shape index (κ3) is 3.54. The van der Waals surface area contributed by atoms with E-state index in [1.165, 1.54) is 19.2 Å². The molecule has 104 valence electrons. The van der Waals surface area contributed by atoms with Crippen LogP contribution in [0.5, 0.6) is 5.75 Å². The molecule has 0 spiro atoms. The molecule has 0 aliphatic rings. The number of ether oxygens (including phenoxy) is 1. The molecule has 5 heteroatoms. The van der Waals surface area contributed by atoms with Crippen LogP contribution < -0.4 is 10.1 Å². The number of pyridine rings is 1. The maximum absolute atomic E-state index is 13.2. The molecule has 20 heavy (non-hydrogen) atoms. The molecule has 1 heterocycles. The van der Waals surface area contributed by atoms with Crippen molar-refractivity contribution in [3.05, 3.63) is 59.7 Å². The van der Waals surface area contributed by atoms with Crippen molar-refractivity contribution >= 4 is 5.91 Å². The van der Waals surface area contributed by atoms with Gasteiger partial charge in [-0.15, -0.1) is 0 Å². The second-order valence-corrected chi connectivity index (χ2v) is 4.17. The second-order valence-electron chi connectivity index (χ2n) is 4.17. The minimum Gasteiger partial charge on any atom is -0.496 e. The number of rotatable bonds is 5. The molecule has 0 aliphatic carbocycles. The van der Waals surface area contributed by atoms with Gasteiger partial charge in [-0.25, -0.2) is 4.39 Å². The van der Waals surface area contributed by atoms with E-state index in [1.807, 2.05) is 18.2 Å². The van der Waals surface area contributed by atoms with E-state index < -0.39 is 5.82 Å². The van der Waals surface area contributed by atoms with Crippen LogP contribution in [0, 0.1) is 5.82 Å². The lowest BCUT2D eigenvalue weighted by molar-refractivity contribution is 0.0950. The number of benzene rings is 1. The largest absolute Gasteiger partial charge is 0.496 e. The van der Waals surface area contributed by atoms with E-state index in [2.05, 4.69) is 10.3 Å². The van der Waals surface area contributed by atoms with Gasteiger partial charge in [0.1, 0.15) is 11.6 Å². The molecule has 0 atom stereocenters. The first-order valence-corrected chi connectivity index (χ1v) is 6.22. The van der Waals surface area contributed by atoms with Crippen molar-refractivity contribution in [3.8, 4) is 5.75 Å². The molecule has 0 unspecified atom stereocenters. The molecular weight excluding hydrogens is 259 g/mol. The van der Waals surface area contributed by atoms with Crippen LogP contribution in [0.3, 0.4) is 0 Å². The Balaban J connectivity index is 1.97. The molecule has 0 fully saturated rings. The smallest absolute Gasteiger partial charge is 0.255 e. The molecule has 0 bridgehead atoms. The molecule has 0 saturated carbocycles. The van der Waals surface area contributed by atoms with Gasteiger partial charge in [-0.3, -0.25) is 9.78 Å². The highest BCUT2D eigenvalue weighted by Crippen LogP contribution is 2.18. The van der Waals surface area contributed by atoms with E-state index in [4.69, 9.17) is 4.74 Å². The number of carbonyl (C=O) groups is 1. The van der Waals surface area contributed by atoms with E-state index in [-0.39, 0.29) is 11.5 Å². The SMILES string of the molecule is COc1ccc(F)cc1C(=O)NCCc1ccccn1. The van der Waals surface area contributed by atoms with Gasteiger partial charge >= 0.3 is 0 Å². The summed E-state index contributed by atoms with van der Waals surface area (Å²) in [5.41, 5.74) is 1.08. The quantitative estimate of drug-likeness (QED) is 0.909. The van der Waals surface area contributed by atoms with Crippen molar-refractivity contribution in [1.82, 2.24) is 10.3 Å². The standard InChI is InChI=1S/C15H15FN2O2/c1-20-14-6-5-11(16)10-13(14)15(19)18-9-7-12-4-2-3-8-17-12/h2-6,8,10H,7,9H2,1H3,(H,18,19). The Morgan fingerprint density at radius 3 is 2.90 bits per heavy atom. The van der Waals surface area contributed by atoms with Gasteiger partial charge in [0.2, 0.25) is 0 Å². The van der Waals surface area contributed by atoms with Gasteiger partial charge in [-0.2, -0.15) is 0 Å². The van der Waals surface area contributed by atoms with Crippen molar-refractivity contribution in [2.75, 3.05) is 13.7 Å². The number of nitrogens with zero attached hydrogens (tertiary/aromatic N) is 1. The summed E-state index contributed by atoms with van der Waals surface area (Å²) in [6, 6.07) is 9.45. The zero-order chi connectivity index (χ0) is 14.4. The van der Waals surface area contributed by atoms with Gasteiger partial charge in [0.25, 0.3) is 5.91 Å². The minimum absolute atomic E-state index is 0.188. The summed E-state index contributed by atoms with van der Waals surface area (Å²) < 4.78 is 18.2. The predicted octanol–water partition coefficient (Wildman–Crippen LogP) is 2.20. The summed E-state index contributed by atoms with van der Waals surface area (Å²) in [5.74, 6) is -0.486. The highest BCUT2D eigenvalue weighted by Gasteiger charge is 2.12. The van der Waals surface area contributed by atoms with Crippen LogP contribution >= 0.6 is 0 Å². The number of hydrogen-bond acceptors (Lipinski definition) is 3.